The van der Waals surface area contributed by atoms with Gasteiger partial charge in [-0.1, -0.05) is 19.9 Å². The predicted octanol–water partition coefficient (Wildman–Crippen LogP) is 2.59. The fourth-order valence-corrected chi connectivity index (χ4v) is 1.87. The SMILES string of the molecule is CC=CP(=O)(O)C(C)CC. The first-order valence-electron chi connectivity index (χ1n) is 3.50. The highest BCUT2D eigenvalue weighted by atomic mass is 31.2. The molecule has 0 amide bonds. The van der Waals surface area contributed by atoms with Gasteiger partial charge in [0.1, 0.15) is 0 Å². The highest BCUT2D eigenvalue weighted by Crippen LogP contribution is 2.48. The van der Waals surface area contributed by atoms with Gasteiger partial charge in [0.15, 0.2) is 0 Å². The van der Waals surface area contributed by atoms with Crippen molar-refractivity contribution in [2.24, 2.45) is 0 Å². The van der Waals surface area contributed by atoms with Crippen molar-refractivity contribution >= 4 is 7.37 Å². The molecule has 0 aromatic heterocycles. The van der Waals surface area contributed by atoms with Gasteiger partial charge in [0.05, 0.1) is 0 Å². The van der Waals surface area contributed by atoms with E-state index in [9.17, 15) is 9.46 Å². The first-order valence-corrected chi connectivity index (χ1v) is 5.30. The van der Waals surface area contributed by atoms with Crippen molar-refractivity contribution in [2.75, 3.05) is 0 Å². The molecule has 0 aliphatic carbocycles. The molecule has 2 unspecified atom stereocenters. The van der Waals surface area contributed by atoms with Gasteiger partial charge in [-0.3, -0.25) is 4.57 Å². The van der Waals surface area contributed by atoms with Gasteiger partial charge in [-0.05, 0) is 19.2 Å². The van der Waals surface area contributed by atoms with E-state index in [1.54, 1.807) is 19.9 Å². The number of hydrogen-bond acceptors (Lipinski definition) is 1. The summed E-state index contributed by atoms with van der Waals surface area (Å²) in [5, 5.41) is 0. The summed E-state index contributed by atoms with van der Waals surface area (Å²) in [5.41, 5.74) is -0.108. The molecule has 10 heavy (non-hydrogen) atoms. The van der Waals surface area contributed by atoms with E-state index >= 15 is 0 Å². The van der Waals surface area contributed by atoms with Gasteiger partial charge >= 0.3 is 0 Å². The highest BCUT2D eigenvalue weighted by molar-refractivity contribution is 7.61. The molecule has 0 radical (unpaired) electrons. The summed E-state index contributed by atoms with van der Waals surface area (Å²) in [7, 11) is -2.96. The summed E-state index contributed by atoms with van der Waals surface area (Å²) in [6.07, 6.45) is 2.38. The van der Waals surface area contributed by atoms with Crippen LogP contribution in [0.4, 0.5) is 0 Å². The molecule has 2 atom stereocenters. The monoisotopic (exact) mass is 162 g/mol. The molecule has 1 N–H and O–H groups in total. The molecule has 0 aliphatic rings. The Morgan fingerprint density at radius 2 is 2.20 bits per heavy atom. The quantitative estimate of drug-likeness (QED) is 0.647. The van der Waals surface area contributed by atoms with Crippen molar-refractivity contribution in [1.29, 1.82) is 0 Å². The largest absolute Gasteiger partial charge is 0.341 e. The maximum absolute atomic E-state index is 11.2. The van der Waals surface area contributed by atoms with Crippen molar-refractivity contribution in [1.82, 2.24) is 0 Å². The van der Waals surface area contributed by atoms with E-state index in [1.165, 1.54) is 5.82 Å². The lowest BCUT2D eigenvalue weighted by Crippen LogP contribution is -1.98. The van der Waals surface area contributed by atoms with Crippen molar-refractivity contribution < 1.29 is 9.46 Å². The van der Waals surface area contributed by atoms with Crippen LogP contribution >= 0.6 is 7.37 Å². The number of allylic oxidation sites excluding steroid dienone is 1. The third-order valence-electron chi connectivity index (χ3n) is 1.59. The molecule has 3 heteroatoms. The summed E-state index contributed by atoms with van der Waals surface area (Å²) >= 11 is 0. The maximum Gasteiger partial charge on any atom is 0.224 e. The fourth-order valence-electron chi connectivity index (χ4n) is 0.622. The van der Waals surface area contributed by atoms with Crippen LogP contribution in [0.2, 0.25) is 0 Å². The average Bonchev–Trinajstić information content (AvgIpc) is 1.86. The van der Waals surface area contributed by atoms with E-state index in [0.29, 0.717) is 0 Å². The van der Waals surface area contributed by atoms with Gasteiger partial charge in [0.2, 0.25) is 7.37 Å². The van der Waals surface area contributed by atoms with Crippen LogP contribution in [0.5, 0.6) is 0 Å². The molecule has 0 aromatic carbocycles. The molecular formula is C7H15O2P. The van der Waals surface area contributed by atoms with E-state index in [0.717, 1.165) is 6.42 Å². The van der Waals surface area contributed by atoms with E-state index in [1.807, 2.05) is 6.92 Å². The lowest BCUT2D eigenvalue weighted by Gasteiger charge is -2.12. The van der Waals surface area contributed by atoms with Gasteiger partial charge in [-0.15, -0.1) is 0 Å². The van der Waals surface area contributed by atoms with Crippen LogP contribution in [0.25, 0.3) is 0 Å². The summed E-state index contributed by atoms with van der Waals surface area (Å²) in [5.74, 6) is 1.40. The second-order valence-corrected chi connectivity index (χ2v) is 4.94. The van der Waals surface area contributed by atoms with Crippen LogP contribution in [-0.2, 0) is 4.57 Å². The van der Waals surface area contributed by atoms with Crippen molar-refractivity contribution in [3.05, 3.63) is 11.9 Å². The molecular weight excluding hydrogens is 147 g/mol. The van der Waals surface area contributed by atoms with Gasteiger partial charge in [-0.2, -0.15) is 0 Å². The number of rotatable bonds is 3. The first kappa shape index (κ1) is 9.93. The summed E-state index contributed by atoms with van der Waals surface area (Å²) in [6, 6.07) is 0. The average molecular weight is 162 g/mol. The van der Waals surface area contributed by atoms with Crippen LogP contribution in [0.15, 0.2) is 11.9 Å². The number of hydrogen-bond donors (Lipinski definition) is 1. The first-order chi connectivity index (χ1) is 4.54. The van der Waals surface area contributed by atoms with E-state index < -0.39 is 7.37 Å². The molecule has 2 nitrogen and oxygen atoms in total. The summed E-state index contributed by atoms with van der Waals surface area (Å²) in [4.78, 5) is 9.25. The standard InChI is InChI=1S/C7H15O2P/c1-4-6-10(8,9)7(3)5-2/h4,6-7H,5H2,1-3H3,(H,8,9). The third kappa shape index (κ3) is 2.68. The molecule has 0 aromatic rings. The zero-order chi connectivity index (χ0) is 8.20. The Hall–Kier alpha value is -0.0700. The predicted molar refractivity (Wildman–Crippen MR) is 44.4 cm³/mol. The summed E-state index contributed by atoms with van der Waals surface area (Å²) < 4.78 is 11.2. The van der Waals surface area contributed by atoms with Gasteiger partial charge < -0.3 is 4.89 Å². The Balaban J connectivity index is 4.25. The van der Waals surface area contributed by atoms with Crippen LogP contribution < -0.4 is 0 Å². The van der Waals surface area contributed by atoms with E-state index in [-0.39, 0.29) is 5.66 Å². The molecule has 0 bridgehead atoms. The Labute approximate surface area is 62.4 Å². The Morgan fingerprint density at radius 1 is 1.70 bits per heavy atom. The zero-order valence-electron chi connectivity index (χ0n) is 6.74. The molecule has 0 spiro atoms. The van der Waals surface area contributed by atoms with Crippen LogP contribution in [0.1, 0.15) is 27.2 Å². The van der Waals surface area contributed by atoms with Crippen molar-refractivity contribution in [3.8, 4) is 0 Å². The minimum Gasteiger partial charge on any atom is -0.341 e. The Morgan fingerprint density at radius 3 is 2.50 bits per heavy atom. The molecule has 0 heterocycles. The fraction of sp³-hybridized carbons (Fsp3) is 0.714. The van der Waals surface area contributed by atoms with Crippen LogP contribution in [-0.4, -0.2) is 10.6 Å². The van der Waals surface area contributed by atoms with Crippen LogP contribution in [0, 0.1) is 0 Å². The van der Waals surface area contributed by atoms with Crippen LogP contribution in [0.3, 0.4) is 0 Å². The second-order valence-electron chi connectivity index (χ2n) is 2.41. The second kappa shape index (κ2) is 3.95. The van der Waals surface area contributed by atoms with Crippen molar-refractivity contribution in [3.63, 3.8) is 0 Å². The Kier molecular flexibility index (Phi) is 3.92. The minimum absolute atomic E-state index is 0.108. The molecule has 0 aliphatic heterocycles. The topological polar surface area (TPSA) is 37.3 Å². The highest BCUT2D eigenvalue weighted by Gasteiger charge is 2.20. The van der Waals surface area contributed by atoms with Gasteiger partial charge in [0.25, 0.3) is 0 Å². The normalized spacial score (nSPS) is 20.8. The minimum atomic E-state index is -2.96. The molecule has 0 saturated heterocycles. The Bertz CT molecular complexity index is 163. The molecule has 0 rings (SSSR count). The summed E-state index contributed by atoms with van der Waals surface area (Å²) in [6.45, 7) is 5.46. The maximum atomic E-state index is 11.2. The smallest absolute Gasteiger partial charge is 0.224 e. The zero-order valence-corrected chi connectivity index (χ0v) is 7.64. The molecule has 60 valence electrons. The van der Waals surface area contributed by atoms with Crippen molar-refractivity contribution in [2.45, 2.75) is 32.9 Å². The lowest BCUT2D eigenvalue weighted by atomic mass is 10.4. The van der Waals surface area contributed by atoms with Gasteiger partial charge in [0, 0.05) is 5.66 Å². The van der Waals surface area contributed by atoms with Gasteiger partial charge in [-0.25, -0.2) is 0 Å². The lowest BCUT2D eigenvalue weighted by molar-refractivity contribution is 0.475. The third-order valence-corrected chi connectivity index (χ3v) is 3.94. The van der Waals surface area contributed by atoms with E-state index in [2.05, 4.69) is 0 Å². The molecule has 0 saturated carbocycles. The molecule has 0 fully saturated rings. The van der Waals surface area contributed by atoms with E-state index in [4.69, 9.17) is 0 Å².